The zero-order chi connectivity index (χ0) is 21.7. The smallest absolute Gasteiger partial charge is 0.330 e. The fourth-order valence-corrected chi connectivity index (χ4v) is 3.54. The molecule has 1 aliphatic heterocycles. The Labute approximate surface area is 174 Å². The number of hydrogen-bond acceptors (Lipinski definition) is 9. The van der Waals surface area contributed by atoms with Crippen LogP contribution in [0.1, 0.15) is 31.2 Å². The molecule has 1 aromatic carbocycles. The summed E-state index contributed by atoms with van der Waals surface area (Å²) in [6, 6.07) is 6.19. The Morgan fingerprint density at radius 3 is 2.43 bits per heavy atom. The van der Waals surface area contributed by atoms with Crippen LogP contribution < -0.4 is 0 Å². The second-order valence-electron chi connectivity index (χ2n) is 7.60. The summed E-state index contributed by atoms with van der Waals surface area (Å²) < 4.78 is 16.3. The molecule has 1 saturated heterocycles. The lowest BCUT2D eigenvalue weighted by molar-refractivity contribution is -0.319. The van der Waals surface area contributed by atoms with E-state index in [9.17, 15) is 30.3 Å². The van der Waals surface area contributed by atoms with Crippen LogP contribution in [0.15, 0.2) is 30.3 Å². The molecule has 166 valence electrons. The molecule has 5 N–H and O–H groups in total. The van der Waals surface area contributed by atoms with Crippen molar-refractivity contribution in [3.63, 3.8) is 0 Å². The van der Waals surface area contributed by atoms with Gasteiger partial charge in [0, 0.05) is 6.08 Å². The van der Waals surface area contributed by atoms with Gasteiger partial charge in [0.25, 0.3) is 0 Å². The van der Waals surface area contributed by atoms with Crippen molar-refractivity contribution in [1.29, 1.82) is 0 Å². The molecule has 30 heavy (non-hydrogen) atoms. The largest absolute Gasteiger partial charge is 0.508 e. The highest BCUT2D eigenvalue weighted by Gasteiger charge is 2.46. The van der Waals surface area contributed by atoms with Crippen LogP contribution in [0.25, 0.3) is 6.08 Å². The summed E-state index contributed by atoms with van der Waals surface area (Å²) in [6.45, 7) is -0.364. The molecule has 3 rings (SSSR count). The zero-order valence-corrected chi connectivity index (χ0v) is 16.4. The van der Waals surface area contributed by atoms with Crippen LogP contribution in [0.3, 0.4) is 0 Å². The van der Waals surface area contributed by atoms with E-state index in [0.717, 1.165) is 12.8 Å². The number of aliphatic hydroxyl groups excluding tert-OH is 4. The third-order valence-electron chi connectivity index (χ3n) is 5.34. The maximum absolute atomic E-state index is 11.9. The molecule has 7 atom stereocenters. The predicted octanol–water partition coefficient (Wildman–Crippen LogP) is 0.0763. The number of hydrogen-bond donors (Lipinski definition) is 5. The number of phenolic OH excluding ortho intramolecular Hbond substituents is 1. The van der Waals surface area contributed by atoms with E-state index in [1.807, 2.05) is 0 Å². The number of aliphatic hydroxyl groups is 4. The second-order valence-corrected chi connectivity index (χ2v) is 7.60. The van der Waals surface area contributed by atoms with Gasteiger partial charge in [0.1, 0.15) is 36.8 Å². The maximum atomic E-state index is 11.9. The molecule has 1 aliphatic carbocycles. The monoisotopic (exact) mass is 424 g/mol. The van der Waals surface area contributed by atoms with Crippen LogP contribution >= 0.6 is 0 Å². The molecule has 0 radical (unpaired) electrons. The second kappa shape index (κ2) is 10.3. The summed E-state index contributed by atoms with van der Waals surface area (Å²) in [5.74, 6) is -0.587. The Kier molecular flexibility index (Phi) is 7.81. The average molecular weight is 424 g/mol. The first kappa shape index (κ1) is 22.7. The topological polar surface area (TPSA) is 146 Å². The maximum Gasteiger partial charge on any atom is 0.330 e. The van der Waals surface area contributed by atoms with Gasteiger partial charge in [-0.3, -0.25) is 0 Å². The molecule has 2 aliphatic rings. The lowest BCUT2D eigenvalue weighted by atomic mass is 9.94. The summed E-state index contributed by atoms with van der Waals surface area (Å²) in [7, 11) is 0. The van der Waals surface area contributed by atoms with E-state index in [2.05, 4.69) is 0 Å². The van der Waals surface area contributed by atoms with E-state index in [0.29, 0.717) is 18.4 Å². The number of carbonyl (C=O) groups is 1. The minimum absolute atomic E-state index is 0.108. The van der Waals surface area contributed by atoms with Crippen LogP contribution in [0.5, 0.6) is 5.75 Å². The van der Waals surface area contributed by atoms with E-state index in [1.165, 1.54) is 24.3 Å². The van der Waals surface area contributed by atoms with Crippen LogP contribution in [-0.2, 0) is 19.0 Å². The van der Waals surface area contributed by atoms with E-state index >= 15 is 0 Å². The Morgan fingerprint density at radius 2 is 1.73 bits per heavy atom. The molecule has 1 saturated carbocycles. The van der Waals surface area contributed by atoms with Crippen molar-refractivity contribution >= 4 is 12.0 Å². The lowest BCUT2D eigenvalue weighted by Crippen LogP contribution is -2.60. The molecular weight excluding hydrogens is 396 g/mol. The Bertz CT molecular complexity index is 720. The molecule has 1 heterocycles. The summed E-state index contributed by atoms with van der Waals surface area (Å²) in [6.07, 6.45) is -2.57. The highest BCUT2D eigenvalue weighted by atomic mass is 16.7. The van der Waals surface area contributed by atoms with Crippen molar-refractivity contribution in [3.05, 3.63) is 35.9 Å². The van der Waals surface area contributed by atoms with Crippen molar-refractivity contribution in [2.75, 3.05) is 6.61 Å². The van der Waals surface area contributed by atoms with Crippen LogP contribution in [0, 0.1) is 0 Å². The SMILES string of the molecule is O=C(/C=C/c1ccc(O)cc1)OC[C@H]1O[C@@H](O[C@@H]2CCCC[C@@H]2O)[C@H](O)[C@@H](O)[C@@H]1O. The first-order valence-electron chi connectivity index (χ1n) is 10.0. The van der Waals surface area contributed by atoms with Gasteiger partial charge in [0.2, 0.25) is 0 Å². The molecule has 0 unspecified atom stereocenters. The standard InChI is InChI=1S/C21H28O9/c22-13-8-5-12(6-9-13)7-10-17(24)28-11-16-18(25)19(26)20(27)21(30-16)29-15-4-2-1-3-14(15)23/h5-10,14-16,18-23,25-27H,1-4,11H2/b10-7+/t14-,15+,16+,18+,19-,20+,21+/m0/s1. The van der Waals surface area contributed by atoms with Gasteiger partial charge < -0.3 is 39.7 Å². The molecule has 9 heteroatoms. The van der Waals surface area contributed by atoms with E-state index in [1.54, 1.807) is 12.1 Å². The quantitative estimate of drug-likeness (QED) is 0.316. The number of phenols is 1. The van der Waals surface area contributed by atoms with Gasteiger partial charge in [0.05, 0.1) is 12.2 Å². The van der Waals surface area contributed by atoms with Crippen molar-refractivity contribution in [1.82, 2.24) is 0 Å². The average Bonchev–Trinajstić information content (AvgIpc) is 2.74. The van der Waals surface area contributed by atoms with Crippen molar-refractivity contribution in [2.24, 2.45) is 0 Å². The van der Waals surface area contributed by atoms with Gasteiger partial charge in [-0.2, -0.15) is 0 Å². The van der Waals surface area contributed by atoms with Gasteiger partial charge >= 0.3 is 5.97 Å². The number of benzene rings is 1. The van der Waals surface area contributed by atoms with Crippen LogP contribution in [-0.4, -0.2) is 81.0 Å². The molecule has 2 fully saturated rings. The minimum atomic E-state index is -1.55. The van der Waals surface area contributed by atoms with Gasteiger partial charge in [-0.15, -0.1) is 0 Å². The molecule has 0 aromatic heterocycles. The normalized spacial score (nSPS) is 34.7. The number of carbonyl (C=O) groups excluding carboxylic acids is 1. The highest BCUT2D eigenvalue weighted by Crippen LogP contribution is 2.28. The van der Waals surface area contributed by atoms with E-state index in [-0.39, 0.29) is 12.4 Å². The fraction of sp³-hybridized carbons (Fsp3) is 0.571. The highest BCUT2D eigenvalue weighted by molar-refractivity contribution is 5.87. The Hall–Kier alpha value is -2.01. The number of rotatable bonds is 6. The summed E-state index contributed by atoms with van der Waals surface area (Å²) >= 11 is 0. The van der Waals surface area contributed by atoms with Crippen LogP contribution in [0.2, 0.25) is 0 Å². The molecule has 1 aromatic rings. The lowest BCUT2D eigenvalue weighted by Gasteiger charge is -2.42. The van der Waals surface area contributed by atoms with E-state index in [4.69, 9.17) is 14.2 Å². The fourth-order valence-electron chi connectivity index (χ4n) is 3.54. The molecular formula is C21H28O9. The molecule has 0 bridgehead atoms. The summed E-state index contributed by atoms with van der Waals surface area (Å²) in [5.41, 5.74) is 0.678. The van der Waals surface area contributed by atoms with Crippen molar-refractivity contribution in [3.8, 4) is 5.75 Å². The first-order valence-corrected chi connectivity index (χ1v) is 10.0. The summed E-state index contributed by atoms with van der Waals surface area (Å²) in [4.78, 5) is 11.9. The molecule has 0 spiro atoms. The van der Waals surface area contributed by atoms with Gasteiger partial charge in [-0.25, -0.2) is 4.79 Å². The minimum Gasteiger partial charge on any atom is -0.508 e. The third kappa shape index (κ3) is 5.78. The zero-order valence-electron chi connectivity index (χ0n) is 16.4. The van der Waals surface area contributed by atoms with Crippen molar-refractivity contribution in [2.45, 2.75) is 68.6 Å². The van der Waals surface area contributed by atoms with E-state index < -0.39 is 48.9 Å². The van der Waals surface area contributed by atoms with Crippen LogP contribution in [0.4, 0.5) is 0 Å². The number of ether oxygens (including phenoxy) is 3. The predicted molar refractivity (Wildman–Crippen MR) is 104 cm³/mol. The third-order valence-corrected chi connectivity index (χ3v) is 5.34. The van der Waals surface area contributed by atoms with Gasteiger partial charge in [0.15, 0.2) is 6.29 Å². The summed E-state index contributed by atoms with van der Waals surface area (Å²) in [5, 5.41) is 49.8. The Balaban J connectivity index is 1.54. The number of esters is 1. The molecule has 0 amide bonds. The van der Waals surface area contributed by atoms with Crippen molar-refractivity contribution < 1.29 is 44.5 Å². The number of aromatic hydroxyl groups is 1. The van der Waals surface area contributed by atoms with Gasteiger partial charge in [-0.1, -0.05) is 25.0 Å². The molecule has 9 nitrogen and oxygen atoms in total. The Morgan fingerprint density at radius 1 is 1.03 bits per heavy atom. The van der Waals surface area contributed by atoms with Gasteiger partial charge in [-0.05, 0) is 36.6 Å². The first-order chi connectivity index (χ1) is 14.3.